The van der Waals surface area contributed by atoms with Gasteiger partial charge in [-0.25, -0.2) is 18.7 Å². The summed E-state index contributed by atoms with van der Waals surface area (Å²) < 4.78 is 21.9. The van der Waals surface area contributed by atoms with Gasteiger partial charge in [0.05, 0.1) is 31.2 Å². The number of benzene rings is 1. The zero-order valence-corrected chi connectivity index (χ0v) is 18.1. The van der Waals surface area contributed by atoms with Gasteiger partial charge in [-0.15, -0.1) is 5.10 Å². The highest BCUT2D eigenvalue weighted by molar-refractivity contribution is 5.51. The fourth-order valence-electron chi connectivity index (χ4n) is 3.57. The summed E-state index contributed by atoms with van der Waals surface area (Å²) >= 11 is 0. The van der Waals surface area contributed by atoms with Gasteiger partial charge >= 0.3 is 0 Å². The smallest absolute Gasteiger partial charge is 0.200 e. The standard InChI is InChI=1S/C23H25FN6O/c1-15-11-20(31-4)7-5-18(15)13-22-26-23(28-29(22)10-9-24)21-8-6-19(14-25-21)30-17(3)12-16(2)27-30/h5-8,11-12,14H,9-10,13H2,1-4H3. The molecule has 1 aromatic carbocycles. The number of halogens is 1. The number of nitrogens with zero attached hydrogens (tertiary/aromatic N) is 6. The molecule has 0 saturated carbocycles. The Kier molecular flexibility index (Phi) is 5.79. The summed E-state index contributed by atoms with van der Waals surface area (Å²) in [5, 5.41) is 8.99. The fourth-order valence-corrected chi connectivity index (χ4v) is 3.57. The highest BCUT2D eigenvalue weighted by Crippen LogP contribution is 2.21. The molecule has 4 aromatic rings. The van der Waals surface area contributed by atoms with E-state index in [0.717, 1.165) is 34.0 Å². The molecule has 0 aliphatic heterocycles. The van der Waals surface area contributed by atoms with E-state index in [1.165, 1.54) is 0 Å². The molecule has 4 rings (SSSR count). The average Bonchev–Trinajstić information content (AvgIpc) is 3.32. The highest BCUT2D eigenvalue weighted by Gasteiger charge is 2.15. The molecule has 3 aromatic heterocycles. The molecular formula is C23H25FN6O. The minimum absolute atomic E-state index is 0.154. The molecule has 0 spiro atoms. The van der Waals surface area contributed by atoms with E-state index in [1.54, 1.807) is 18.0 Å². The first kappa shape index (κ1) is 20.7. The van der Waals surface area contributed by atoms with Gasteiger partial charge in [0.25, 0.3) is 0 Å². The fraction of sp³-hybridized carbons (Fsp3) is 0.304. The summed E-state index contributed by atoms with van der Waals surface area (Å²) in [6.45, 7) is 5.62. The predicted octanol–water partition coefficient (Wildman–Crippen LogP) is 4.02. The molecule has 3 heterocycles. The van der Waals surface area contributed by atoms with E-state index < -0.39 is 6.67 Å². The van der Waals surface area contributed by atoms with Gasteiger partial charge in [-0.1, -0.05) is 6.07 Å². The molecule has 0 bridgehead atoms. The molecule has 0 fully saturated rings. The van der Waals surface area contributed by atoms with Crippen molar-refractivity contribution in [3.8, 4) is 23.0 Å². The third-order valence-corrected chi connectivity index (χ3v) is 5.17. The summed E-state index contributed by atoms with van der Waals surface area (Å²) in [5.74, 6) is 1.99. The van der Waals surface area contributed by atoms with Crippen LogP contribution in [0.3, 0.4) is 0 Å². The Balaban J connectivity index is 1.63. The zero-order chi connectivity index (χ0) is 22.0. The maximum Gasteiger partial charge on any atom is 0.200 e. The number of hydrogen-bond donors (Lipinski definition) is 0. The first-order chi connectivity index (χ1) is 15.0. The third kappa shape index (κ3) is 4.33. The van der Waals surface area contributed by atoms with Crippen molar-refractivity contribution in [2.24, 2.45) is 0 Å². The maximum absolute atomic E-state index is 13.1. The van der Waals surface area contributed by atoms with Gasteiger partial charge in [-0.3, -0.25) is 4.98 Å². The quantitative estimate of drug-likeness (QED) is 0.452. The third-order valence-electron chi connectivity index (χ3n) is 5.17. The molecule has 0 atom stereocenters. The summed E-state index contributed by atoms with van der Waals surface area (Å²) in [6.07, 6.45) is 2.30. The van der Waals surface area contributed by atoms with Gasteiger partial charge in [-0.05, 0) is 62.2 Å². The Morgan fingerprint density at radius 3 is 2.48 bits per heavy atom. The van der Waals surface area contributed by atoms with Crippen LogP contribution in [0.5, 0.6) is 5.75 Å². The molecule has 0 amide bonds. The minimum atomic E-state index is -0.512. The van der Waals surface area contributed by atoms with Crippen LogP contribution in [0.25, 0.3) is 17.2 Å². The number of pyridine rings is 1. The van der Waals surface area contributed by atoms with Crippen LogP contribution in [-0.2, 0) is 13.0 Å². The molecule has 0 saturated heterocycles. The molecule has 31 heavy (non-hydrogen) atoms. The molecule has 0 N–H and O–H groups in total. The number of hydrogen-bond acceptors (Lipinski definition) is 5. The Hall–Kier alpha value is -3.55. The van der Waals surface area contributed by atoms with Crippen molar-refractivity contribution in [2.75, 3.05) is 13.8 Å². The predicted molar refractivity (Wildman–Crippen MR) is 116 cm³/mol. The van der Waals surface area contributed by atoms with Crippen molar-refractivity contribution in [2.45, 2.75) is 33.7 Å². The highest BCUT2D eigenvalue weighted by atomic mass is 19.1. The van der Waals surface area contributed by atoms with E-state index >= 15 is 0 Å². The van der Waals surface area contributed by atoms with Crippen LogP contribution in [-0.4, -0.2) is 43.3 Å². The van der Waals surface area contributed by atoms with Crippen molar-refractivity contribution in [1.82, 2.24) is 29.5 Å². The average molecular weight is 420 g/mol. The monoisotopic (exact) mass is 420 g/mol. The number of rotatable bonds is 7. The summed E-state index contributed by atoms with van der Waals surface area (Å²) in [6, 6.07) is 11.7. The molecule has 8 heteroatoms. The van der Waals surface area contributed by atoms with Crippen LogP contribution in [0.4, 0.5) is 4.39 Å². The van der Waals surface area contributed by atoms with E-state index in [0.29, 0.717) is 23.8 Å². The second kappa shape index (κ2) is 8.67. The molecule has 0 unspecified atom stereocenters. The van der Waals surface area contributed by atoms with Gasteiger partial charge in [0.2, 0.25) is 0 Å². The number of aryl methyl sites for hydroxylation is 4. The Labute approximate surface area is 180 Å². The molecule has 160 valence electrons. The minimum Gasteiger partial charge on any atom is -0.497 e. The number of methoxy groups -OCH3 is 1. The first-order valence-electron chi connectivity index (χ1n) is 10.1. The molecular weight excluding hydrogens is 395 g/mol. The summed E-state index contributed by atoms with van der Waals surface area (Å²) in [5.41, 5.74) is 5.67. The van der Waals surface area contributed by atoms with Gasteiger partial charge in [0.15, 0.2) is 5.82 Å². The van der Waals surface area contributed by atoms with Crippen LogP contribution >= 0.6 is 0 Å². The lowest BCUT2D eigenvalue weighted by atomic mass is 10.1. The lowest BCUT2D eigenvalue weighted by molar-refractivity contribution is 0.414. The van der Waals surface area contributed by atoms with E-state index in [4.69, 9.17) is 4.74 Å². The van der Waals surface area contributed by atoms with Crippen molar-refractivity contribution in [3.05, 3.63) is 70.9 Å². The van der Waals surface area contributed by atoms with Crippen LogP contribution in [0.1, 0.15) is 28.3 Å². The number of alkyl halides is 1. The van der Waals surface area contributed by atoms with Gasteiger partial charge < -0.3 is 4.74 Å². The lowest BCUT2D eigenvalue weighted by Gasteiger charge is -2.08. The maximum atomic E-state index is 13.1. The summed E-state index contributed by atoms with van der Waals surface area (Å²) in [4.78, 5) is 9.20. The van der Waals surface area contributed by atoms with Crippen LogP contribution in [0.2, 0.25) is 0 Å². The van der Waals surface area contributed by atoms with Crippen molar-refractivity contribution < 1.29 is 9.13 Å². The van der Waals surface area contributed by atoms with Crippen molar-refractivity contribution in [1.29, 1.82) is 0 Å². The van der Waals surface area contributed by atoms with Crippen molar-refractivity contribution in [3.63, 3.8) is 0 Å². The Morgan fingerprint density at radius 1 is 1.03 bits per heavy atom. The van der Waals surface area contributed by atoms with Crippen LogP contribution in [0.15, 0.2) is 42.6 Å². The molecule has 0 radical (unpaired) electrons. The Bertz CT molecular complexity index is 1200. The van der Waals surface area contributed by atoms with Gasteiger partial charge in [0, 0.05) is 12.1 Å². The van der Waals surface area contributed by atoms with E-state index in [-0.39, 0.29) is 6.54 Å². The second-order valence-electron chi connectivity index (χ2n) is 7.47. The first-order valence-corrected chi connectivity index (χ1v) is 10.1. The number of aromatic nitrogens is 6. The lowest BCUT2D eigenvalue weighted by Crippen LogP contribution is -2.08. The van der Waals surface area contributed by atoms with E-state index in [2.05, 4.69) is 20.2 Å². The van der Waals surface area contributed by atoms with Gasteiger partial charge in [0.1, 0.15) is 23.9 Å². The molecule has 0 aliphatic rings. The van der Waals surface area contributed by atoms with Crippen LogP contribution in [0, 0.1) is 20.8 Å². The Morgan fingerprint density at radius 2 is 1.87 bits per heavy atom. The topological polar surface area (TPSA) is 70.7 Å². The van der Waals surface area contributed by atoms with E-state index in [9.17, 15) is 4.39 Å². The van der Waals surface area contributed by atoms with Crippen molar-refractivity contribution >= 4 is 0 Å². The largest absolute Gasteiger partial charge is 0.497 e. The normalized spacial score (nSPS) is 11.1. The van der Waals surface area contributed by atoms with Crippen LogP contribution < -0.4 is 4.74 Å². The summed E-state index contributed by atoms with van der Waals surface area (Å²) in [7, 11) is 1.64. The van der Waals surface area contributed by atoms with Gasteiger partial charge in [-0.2, -0.15) is 5.10 Å². The molecule has 0 aliphatic carbocycles. The zero-order valence-electron chi connectivity index (χ0n) is 18.1. The second-order valence-corrected chi connectivity index (χ2v) is 7.47. The van der Waals surface area contributed by atoms with E-state index in [1.807, 2.05) is 61.9 Å². The SMILES string of the molecule is COc1ccc(Cc2nc(-c3ccc(-n4nc(C)cc4C)cn3)nn2CCF)c(C)c1. The number of ether oxygens (including phenoxy) is 1. The molecule has 7 nitrogen and oxygen atoms in total.